The Balaban J connectivity index is 1.54. The van der Waals surface area contributed by atoms with Gasteiger partial charge in [0.1, 0.15) is 25.0 Å². The van der Waals surface area contributed by atoms with Crippen LogP contribution in [0.1, 0.15) is 11.1 Å². The number of aryl methyl sites for hydroxylation is 1. The number of benzene rings is 2. The number of ether oxygens (including phenoxy) is 1. The first-order chi connectivity index (χ1) is 12.8. The van der Waals surface area contributed by atoms with Gasteiger partial charge in [0.25, 0.3) is 0 Å². The first-order valence-corrected chi connectivity index (χ1v) is 8.46. The van der Waals surface area contributed by atoms with Crippen molar-refractivity contribution in [1.29, 1.82) is 0 Å². The van der Waals surface area contributed by atoms with Gasteiger partial charge in [-0.1, -0.05) is 36.4 Å². The lowest BCUT2D eigenvalue weighted by Crippen LogP contribution is -2.07. The lowest BCUT2D eigenvalue weighted by molar-refractivity contribution is 0.298. The first kappa shape index (κ1) is 16.1. The van der Waals surface area contributed by atoms with Gasteiger partial charge >= 0.3 is 0 Å². The topological polar surface area (TPSA) is 57.2 Å². The number of para-hydroxylation sites is 2. The summed E-state index contributed by atoms with van der Waals surface area (Å²) in [7, 11) is 0. The summed E-state index contributed by atoms with van der Waals surface area (Å²) in [6.07, 6.45) is 7.04. The predicted octanol–water partition coefficient (Wildman–Crippen LogP) is 3.50. The molecule has 4 rings (SSSR count). The maximum atomic E-state index is 5.94. The average molecular weight is 345 g/mol. The molecule has 0 bridgehead atoms. The van der Waals surface area contributed by atoms with E-state index in [1.54, 1.807) is 17.3 Å². The largest absolute Gasteiger partial charge is 0.491 e. The molecule has 2 heterocycles. The summed E-state index contributed by atoms with van der Waals surface area (Å²) in [6.45, 7) is 3.42. The zero-order valence-corrected chi connectivity index (χ0v) is 14.5. The lowest BCUT2D eigenvalue weighted by Gasteiger charge is -2.10. The van der Waals surface area contributed by atoms with Crippen LogP contribution in [0.15, 0.2) is 72.5 Å². The van der Waals surface area contributed by atoms with Gasteiger partial charge in [-0.05, 0) is 24.6 Å². The second-order valence-corrected chi connectivity index (χ2v) is 6.00. The molecule has 4 aromatic rings. The number of aromatic nitrogens is 4. The molecule has 0 spiro atoms. The summed E-state index contributed by atoms with van der Waals surface area (Å²) in [5.41, 5.74) is 3.35. The number of fused-ring (bicyclic) bond motifs is 1. The zero-order valence-electron chi connectivity index (χ0n) is 14.5. The van der Waals surface area contributed by atoms with E-state index in [1.165, 1.54) is 0 Å². The van der Waals surface area contributed by atoms with Gasteiger partial charge in [-0.2, -0.15) is 5.10 Å². The molecule has 2 aromatic heterocycles. The molecule has 0 aliphatic heterocycles. The highest BCUT2D eigenvalue weighted by Gasteiger charge is 2.07. The van der Waals surface area contributed by atoms with Crippen LogP contribution in [0.3, 0.4) is 0 Å². The molecule has 0 saturated heterocycles. The number of hydrogen-bond acceptors (Lipinski definition) is 4. The Hall–Kier alpha value is -3.41. The third-order valence-electron chi connectivity index (χ3n) is 4.24. The van der Waals surface area contributed by atoms with Crippen molar-refractivity contribution in [3.05, 3.63) is 78.5 Å². The highest BCUT2D eigenvalue weighted by molar-refractivity contribution is 5.99. The van der Waals surface area contributed by atoms with Crippen LogP contribution < -0.4 is 4.74 Å². The van der Waals surface area contributed by atoms with E-state index in [2.05, 4.69) is 51.2 Å². The molecular weight excluding hydrogens is 326 g/mol. The van der Waals surface area contributed by atoms with Crippen LogP contribution in [-0.2, 0) is 6.54 Å². The van der Waals surface area contributed by atoms with Crippen molar-refractivity contribution in [1.82, 2.24) is 19.4 Å². The molecular formula is C20H19N5O. The summed E-state index contributed by atoms with van der Waals surface area (Å²) < 4.78 is 9.71. The summed E-state index contributed by atoms with van der Waals surface area (Å²) in [6, 6.07) is 16.4. The van der Waals surface area contributed by atoms with Gasteiger partial charge in [-0.25, -0.2) is 4.68 Å². The minimum Gasteiger partial charge on any atom is -0.491 e. The third-order valence-corrected chi connectivity index (χ3v) is 4.24. The molecule has 0 atom stereocenters. The number of rotatable bonds is 6. The van der Waals surface area contributed by atoms with Crippen LogP contribution in [0, 0.1) is 6.92 Å². The van der Waals surface area contributed by atoms with Crippen molar-refractivity contribution in [3.8, 4) is 5.75 Å². The molecule has 130 valence electrons. The molecule has 0 radical (unpaired) electrons. The fourth-order valence-electron chi connectivity index (χ4n) is 2.92. The van der Waals surface area contributed by atoms with Crippen molar-refractivity contribution < 1.29 is 4.74 Å². The van der Waals surface area contributed by atoms with Crippen molar-refractivity contribution >= 4 is 17.1 Å². The zero-order chi connectivity index (χ0) is 17.8. The van der Waals surface area contributed by atoms with Crippen LogP contribution in [-0.4, -0.2) is 32.3 Å². The fourth-order valence-corrected chi connectivity index (χ4v) is 2.92. The molecule has 2 aromatic carbocycles. The SMILES string of the molecule is Cc1ccccc1OCCn1cc(C=Nn2cnnc2)c2ccccc21. The summed E-state index contributed by atoms with van der Waals surface area (Å²) >= 11 is 0. The van der Waals surface area contributed by atoms with E-state index in [0.717, 1.165) is 34.3 Å². The number of hydrogen-bond donors (Lipinski definition) is 0. The molecule has 0 fully saturated rings. The van der Waals surface area contributed by atoms with E-state index in [0.29, 0.717) is 6.61 Å². The monoisotopic (exact) mass is 345 g/mol. The highest BCUT2D eigenvalue weighted by atomic mass is 16.5. The van der Waals surface area contributed by atoms with Crippen LogP contribution in [0.25, 0.3) is 10.9 Å². The van der Waals surface area contributed by atoms with Crippen molar-refractivity contribution in [3.63, 3.8) is 0 Å². The second-order valence-electron chi connectivity index (χ2n) is 6.00. The third kappa shape index (κ3) is 3.35. The normalized spacial score (nSPS) is 11.4. The van der Waals surface area contributed by atoms with E-state index in [1.807, 2.05) is 36.5 Å². The minimum absolute atomic E-state index is 0.603. The van der Waals surface area contributed by atoms with Gasteiger partial charge < -0.3 is 9.30 Å². The molecule has 6 heteroatoms. The van der Waals surface area contributed by atoms with Gasteiger partial charge in [0.05, 0.1) is 12.8 Å². The maximum absolute atomic E-state index is 5.94. The molecule has 0 amide bonds. The average Bonchev–Trinajstić information content (AvgIpc) is 3.30. The molecule has 6 nitrogen and oxygen atoms in total. The van der Waals surface area contributed by atoms with Gasteiger partial charge in [-0.3, -0.25) is 0 Å². The van der Waals surface area contributed by atoms with E-state index in [-0.39, 0.29) is 0 Å². The van der Waals surface area contributed by atoms with Crippen LogP contribution >= 0.6 is 0 Å². The van der Waals surface area contributed by atoms with E-state index < -0.39 is 0 Å². The second kappa shape index (κ2) is 7.23. The smallest absolute Gasteiger partial charge is 0.141 e. The first-order valence-electron chi connectivity index (χ1n) is 8.46. The highest BCUT2D eigenvalue weighted by Crippen LogP contribution is 2.21. The van der Waals surface area contributed by atoms with Crippen molar-refractivity contribution in [2.24, 2.45) is 5.10 Å². The Bertz CT molecular complexity index is 1030. The van der Waals surface area contributed by atoms with Gasteiger partial charge in [-0.15, -0.1) is 10.2 Å². The molecule has 0 saturated carbocycles. The molecule has 0 unspecified atom stereocenters. The number of nitrogens with zero attached hydrogens (tertiary/aromatic N) is 5. The van der Waals surface area contributed by atoms with Crippen molar-refractivity contribution in [2.75, 3.05) is 6.61 Å². The summed E-state index contributed by atoms with van der Waals surface area (Å²) in [5.74, 6) is 0.929. The standard InChI is InChI=1S/C20H19N5O/c1-16-6-2-5-9-20(16)26-11-10-24-13-17(12-23-25-14-21-22-15-25)18-7-3-4-8-19(18)24/h2-9,12-15H,10-11H2,1H3. The Kier molecular flexibility index (Phi) is 4.47. The van der Waals surface area contributed by atoms with E-state index in [9.17, 15) is 0 Å². The van der Waals surface area contributed by atoms with Gasteiger partial charge in [0.15, 0.2) is 0 Å². The lowest BCUT2D eigenvalue weighted by atomic mass is 10.2. The summed E-state index contributed by atoms with van der Waals surface area (Å²) in [5, 5.41) is 13.0. The van der Waals surface area contributed by atoms with Gasteiger partial charge in [0, 0.05) is 22.7 Å². The predicted molar refractivity (Wildman–Crippen MR) is 102 cm³/mol. The minimum atomic E-state index is 0.603. The van der Waals surface area contributed by atoms with E-state index in [4.69, 9.17) is 4.74 Å². The Morgan fingerprint density at radius 3 is 2.65 bits per heavy atom. The Morgan fingerprint density at radius 1 is 1.04 bits per heavy atom. The van der Waals surface area contributed by atoms with Gasteiger partial charge in [0.2, 0.25) is 0 Å². The van der Waals surface area contributed by atoms with Crippen molar-refractivity contribution in [2.45, 2.75) is 13.5 Å². The molecule has 0 N–H and O–H groups in total. The maximum Gasteiger partial charge on any atom is 0.141 e. The molecule has 26 heavy (non-hydrogen) atoms. The van der Waals surface area contributed by atoms with Crippen LogP contribution in [0.5, 0.6) is 5.75 Å². The van der Waals surface area contributed by atoms with Crippen LogP contribution in [0.2, 0.25) is 0 Å². The summed E-state index contributed by atoms with van der Waals surface area (Å²) in [4.78, 5) is 0. The fraction of sp³-hybridized carbons (Fsp3) is 0.150. The molecule has 0 aliphatic rings. The molecule has 0 aliphatic carbocycles. The van der Waals surface area contributed by atoms with Crippen LogP contribution in [0.4, 0.5) is 0 Å². The van der Waals surface area contributed by atoms with E-state index >= 15 is 0 Å². The Morgan fingerprint density at radius 2 is 1.81 bits per heavy atom. The Labute approximate surface area is 151 Å². The quantitative estimate of drug-likeness (QED) is 0.503.